The van der Waals surface area contributed by atoms with Crippen molar-refractivity contribution in [1.29, 1.82) is 0 Å². The number of aromatic hydroxyl groups is 1. The third-order valence-electron chi connectivity index (χ3n) is 2.23. The first-order chi connectivity index (χ1) is 7.65. The van der Waals surface area contributed by atoms with Gasteiger partial charge in [-0.3, -0.25) is 4.79 Å². The Hall–Kier alpha value is -1.82. The maximum Gasteiger partial charge on any atom is 0.231 e. The number of Topliss-reactive ketones (excluding diaryl/α,β-unsaturated/α-hetero) is 1. The number of rotatable bonds is 3. The van der Waals surface area contributed by atoms with Crippen LogP contribution in [0.5, 0.6) is 17.2 Å². The van der Waals surface area contributed by atoms with Gasteiger partial charge in [-0.25, -0.2) is 4.39 Å². The highest BCUT2D eigenvalue weighted by atomic mass is 19.1. The van der Waals surface area contributed by atoms with Crippen molar-refractivity contribution >= 4 is 5.78 Å². The van der Waals surface area contributed by atoms with Crippen LogP contribution in [0.3, 0.4) is 0 Å². The van der Waals surface area contributed by atoms with E-state index in [0.29, 0.717) is 0 Å². The predicted molar refractivity (Wildman–Crippen MR) is 52.2 cm³/mol. The summed E-state index contributed by atoms with van der Waals surface area (Å²) in [4.78, 5) is 11.6. The summed E-state index contributed by atoms with van der Waals surface area (Å²) in [6.45, 7) is 0.00465. The number of benzene rings is 1. The van der Waals surface area contributed by atoms with E-state index in [4.69, 9.17) is 15.2 Å². The maximum absolute atomic E-state index is 13.6. The third kappa shape index (κ3) is 1.57. The zero-order valence-corrected chi connectivity index (χ0v) is 8.33. The SMILES string of the molecule is NCCC(=O)c1c(F)c(O)cc2c1OCO2. The van der Waals surface area contributed by atoms with Gasteiger partial charge in [-0.1, -0.05) is 0 Å². The maximum atomic E-state index is 13.6. The minimum Gasteiger partial charge on any atom is -0.505 e. The molecule has 0 amide bonds. The molecule has 0 radical (unpaired) electrons. The summed E-state index contributed by atoms with van der Waals surface area (Å²) < 4.78 is 23.6. The Balaban J connectivity index is 2.54. The molecule has 1 aliphatic heterocycles. The zero-order chi connectivity index (χ0) is 11.7. The van der Waals surface area contributed by atoms with E-state index in [1.165, 1.54) is 0 Å². The van der Waals surface area contributed by atoms with Gasteiger partial charge in [-0.15, -0.1) is 0 Å². The highest BCUT2D eigenvalue weighted by Gasteiger charge is 2.28. The van der Waals surface area contributed by atoms with Gasteiger partial charge in [0.05, 0.1) is 0 Å². The van der Waals surface area contributed by atoms with Gasteiger partial charge < -0.3 is 20.3 Å². The summed E-state index contributed by atoms with van der Waals surface area (Å²) in [6, 6.07) is 1.08. The zero-order valence-electron chi connectivity index (χ0n) is 8.33. The van der Waals surface area contributed by atoms with Gasteiger partial charge in [0.15, 0.2) is 28.8 Å². The van der Waals surface area contributed by atoms with E-state index in [9.17, 15) is 14.3 Å². The molecule has 16 heavy (non-hydrogen) atoms. The molecule has 86 valence electrons. The smallest absolute Gasteiger partial charge is 0.231 e. The number of ether oxygens (including phenoxy) is 2. The molecule has 0 atom stereocenters. The Labute approximate surface area is 90.6 Å². The normalized spacial score (nSPS) is 12.9. The molecule has 0 fully saturated rings. The molecule has 0 saturated carbocycles. The third-order valence-corrected chi connectivity index (χ3v) is 2.23. The molecule has 1 aromatic carbocycles. The van der Waals surface area contributed by atoms with Gasteiger partial charge in [0.2, 0.25) is 6.79 Å². The molecule has 0 spiro atoms. The lowest BCUT2D eigenvalue weighted by molar-refractivity contribution is 0.0975. The number of fused-ring (bicyclic) bond motifs is 1. The van der Waals surface area contributed by atoms with Crippen LogP contribution < -0.4 is 15.2 Å². The molecule has 3 N–H and O–H groups in total. The van der Waals surface area contributed by atoms with E-state index < -0.39 is 17.3 Å². The number of hydrogen-bond acceptors (Lipinski definition) is 5. The quantitative estimate of drug-likeness (QED) is 0.746. The monoisotopic (exact) mass is 227 g/mol. The Morgan fingerprint density at radius 1 is 1.56 bits per heavy atom. The first kappa shape index (κ1) is 10.7. The van der Waals surface area contributed by atoms with Crippen molar-refractivity contribution in [2.75, 3.05) is 13.3 Å². The second-order valence-electron chi connectivity index (χ2n) is 3.28. The standard InChI is InChI=1S/C10H10FNO4/c11-9-6(14)3-7-10(16-4-15-7)8(9)5(13)1-2-12/h3,14H,1-2,4,12H2. The lowest BCUT2D eigenvalue weighted by atomic mass is 10.1. The van der Waals surface area contributed by atoms with E-state index in [2.05, 4.69) is 0 Å². The molecule has 1 heterocycles. The van der Waals surface area contributed by atoms with Gasteiger partial charge >= 0.3 is 0 Å². The van der Waals surface area contributed by atoms with Gasteiger partial charge in [0.25, 0.3) is 0 Å². The van der Waals surface area contributed by atoms with Crippen molar-refractivity contribution in [1.82, 2.24) is 0 Å². The predicted octanol–water partition coefficient (Wildman–Crippen LogP) is 0.792. The fraction of sp³-hybridized carbons (Fsp3) is 0.300. The molecular weight excluding hydrogens is 217 g/mol. The largest absolute Gasteiger partial charge is 0.505 e. The van der Waals surface area contributed by atoms with Gasteiger partial charge in [-0.2, -0.15) is 0 Å². The topological polar surface area (TPSA) is 81.8 Å². The summed E-state index contributed by atoms with van der Waals surface area (Å²) in [6.07, 6.45) is -0.0177. The number of hydrogen-bond donors (Lipinski definition) is 2. The Kier molecular flexibility index (Phi) is 2.66. The molecule has 0 aliphatic carbocycles. The molecule has 6 heteroatoms. The second kappa shape index (κ2) is 3.97. The van der Waals surface area contributed by atoms with Crippen LogP contribution in [0.15, 0.2) is 6.07 Å². The first-order valence-electron chi connectivity index (χ1n) is 4.69. The summed E-state index contributed by atoms with van der Waals surface area (Å²) >= 11 is 0. The average Bonchev–Trinajstić information content (AvgIpc) is 2.67. The van der Waals surface area contributed by atoms with E-state index >= 15 is 0 Å². The highest BCUT2D eigenvalue weighted by molar-refractivity contribution is 6.00. The summed E-state index contributed by atoms with van der Waals surface area (Å²) in [7, 11) is 0. The van der Waals surface area contributed by atoms with Crippen LogP contribution in [0.2, 0.25) is 0 Å². The van der Waals surface area contributed by atoms with Crippen LogP contribution in [-0.4, -0.2) is 24.2 Å². The van der Waals surface area contributed by atoms with Gasteiger partial charge in [0, 0.05) is 12.5 Å². The fourth-order valence-corrected chi connectivity index (χ4v) is 1.51. The Morgan fingerprint density at radius 3 is 3.00 bits per heavy atom. The lowest BCUT2D eigenvalue weighted by Crippen LogP contribution is -2.10. The summed E-state index contributed by atoms with van der Waals surface area (Å²) in [5, 5.41) is 9.29. The fourth-order valence-electron chi connectivity index (χ4n) is 1.51. The molecule has 0 bridgehead atoms. The van der Waals surface area contributed by atoms with E-state index in [0.717, 1.165) is 6.07 Å². The number of phenolic OH excluding ortho intramolecular Hbond substituents is 1. The van der Waals surface area contributed by atoms with Crippen LogP contribution in [0.25, 0.3) is 0 Å². The Morgan fingerprint density at radius 2 is 2.31 bits per heavy atom. The van der Waals surface area contributed by atoms with E-state index in [-0.39, 0.29) is 36.8 Å². The van der Waals surface area contributed by atoms with Crippen molar-refractivity contribution in [3.8, 4) is 17.2 Å². The van der Waals surface area contributed by atoms with Crippen LogP contribution in [0, 0.1) is 5.82 Å². The molecule has 2 rings (SSSR count). The van der Waals surface area contributed by atoms with Crippen molar-refractivity contribution in [2.45, 2.75) is 6.42 Å². The number of carbonyl (C=O) groups excluding carboxylic acids is 1. The summed E-state index contributed by atoms with van der Waals surface area (Å²) in [5.41, 5.74) is 4.93. The van der Waals surface area contributed by atoms with E-state index in [1.807, 2.05) is 0 Å². The van der Waals surface area contributed by atoms with Crippen LogP contribution in [-0.2, 0) is 0 Å². The van der Waals surface area contributed by atoms with Crippen LogP contribution in [0.1, 0.15) is 16.8 Å². The number of phenols is 1. The summed E-state index contributed by atoms with van der Waals surface area (Å²) in [5.74, 6) is -1.95. The van der Waals surface area contributed by atoms with Crippen LogP contribution in [0.4, 0.5) is 4.39 Å². The first-order valence-corrected chi connectivity index (χ1v) is 4.69. The second-order valence-corrected chi connectivity index (χ2v) is 3.28. The van der Waals surface area contributed by atoms with Gasteiger partial charge in [0.1, 0.15) is 5.56 Å². The number of carbonyl (C=O) groups is 1. The lowest BCUT2D eigenvalue weighted by Gasteiger charge is -2.07. The van der Waals surface area contributed by atoms with Crippen molar-refractivity contribution in [2.24, 2.45) is 5.73 Å². The molecule has 0 aromatic heterocycles. The molecule has 0 saturated heterocycles. The highest BCUT2D eigenvalue weighted by Crippen LogP contribution is 2.41. The average molecular weight is 227 g/mol. The number of halogens is 1. The number of ketones is 1. The molecule has 1 aromatic rings. The minimum atomic E-state index is -0.997. The molecular formula is C10H10FNO4. The van der Waals surface area contributed by atoms with Crippen LogP contribution >= 0.6 is 0 Å². The minimum absolute atomic E-state index is 0.0177. The van der Waals surface area contributed by atoms with Crippen molar-refractivity contribution in [3.63, 3.8) is 0 Å². The Bertz CT molecular complexity index is 447. The molecule has 5 nitrogen and oxygen atoms in total. The van der Waals surface area contributed by atoms with E-state index in [1.54, 1.807) is 0 Å². The van der Waals surface area contributed by atoms with Crippen molar-refractivity contribution < 1.29 is 23.8 Å². The van der Waals surface area contributed by atoms with Crippen molar-refractivity contribution in [3.05, 3.63) is 17.4 Å². The van der Waals surface area contributed by atoms with Gasteiger partial charge in [-0.05, 0) is 6.54 Å². The molecule has 0 unspecified atom stereocenters. The number of nitrogens with two attached hydrogens (primary N) is 1. The molecule has 1 aliphatic rings.